The Balaban J connectivity index is 2.31. The minimum atomic E-state index is 0.760. The fourth-order valence-corrected chi connectivity index (χ4v) is 2.92. The molecule has 1 heterocycles. The monoisotopic (exact) mass is 240 g/mol. The van der Waals surface area contributed by atoms with Gasteiger partial charge in [-0.2, -0.15) is 0 Å². The highest BCUT2D eigenvalue weighted by molar-refractivity contribution is 4.85. The predicted molar refractivity (Wildman–Crippen MR) is 76.5 cm³/mol. The Labute approximate surface area is 108 Å². The minimum Gasteiger partial charge on any atom is -0.313 e. The number of unbranched alkanes of at least 4 members (excludes halogenated alkanes) is 1. The van der Waals surface area contributed by atoms with Crippen LogP contribution >= 0.6 is 0 Å². The van der Waals surface area contributed by atoms with E-state index in [0.29, 0.717) is 0 Å². The van der Waals surface area contributed by atoms with Gasteiger partial charge in [-0.3, -0.25) is 4.90 Å². The molecule has 1 fully saturated rings. The molecule has 102 valence electrons. The third kappa shape index (κ3) is 5.39. The van der Waals surface area contributed by atoms with E-state index in [0.717, 1.165) is 12.1 Å². The molecule has 2 unspecified atom stereocenters. The highest BCUT2D eigenvalue weighted by atomic mass is 15.2. The predicted octanol–water partition coefficient (Wildman–Crippen LogP) is 3.42. The van der Waals surface area contributed by atoms with Crippen molar-refractivity contribution < 1.29 is 0 Å². The molecule has 0 aromatic rings. The molecular formula is C15H32N2. The molecule has 1 saturated heterocycles. The maximum Gasteiger partial charge on any atom is 0.0207 e. The van der Waals surface area contributed by atoms with E-state index >= 15 is 0 Å². The van der Waals surface area contributed by atoms with Gasteiger partial charge in [-0.25, -0.2) is 0 Å². The summed E-state index contributed by atoms with van der Waals surface area (Å²) < 4.78 is 0. The van der Waals surface area contributed by atoms with Crippen LogP contribution in [-0.4, -0.2) is 36.6 Å². The molecule has 0 aromatic carbocycles. The SMILES string of the molecule is CCCCC(CCC)N1CCC(NCCC)C1. The van der Waals surface area contributed by atoms with Crippen molar-refractivity contribution in [1.82, 2.24) is 10.2 Å². The number of rotatable bonds is 9. The fourth-order valence-electron chi connectivity index (χ4n) is 2.92. The van der Waals surface area contributed by atoms with Gasteiger partial charge in [0.2, 0.25) is 0 Å². The van der Waals surface area contributed by atoms with Crippen LogP contribution in [0.2, 0.25) is 0 Å². The van der Waals surface area contributed by atoms with Crippen LogP contribution in [0.1, 0.15) is 65.7 Å². The fraction of sp³-hybridized carbons (Fsp3) is 1.00. The van der Waals surface area contributed by atoms with Crippen molar-refractivity contribution >= 4 is 0 Å². The Morgan fingerprint density at radius 2 is 1.94 bits per heavy atom. The highest BCUT2D eigenvalue weighted by Gasteiger charge is 2.26. The van der Waals surface area contributed by atoms with Crippen LogP contribution in [0, 0.1) is 0 Å². The lowest BCUT2D eigenvalue weighted by Gasteiger charge is -2.27. The second-order valence-electron chi connectivity index (χ2n) is 5.52. The zero-order valence-electron chi connectivity index (χ0n) is 12.2. The molecule has 0 bridgehead atoms. The van der Waals surface area contributed by atoms with E-state index < -0.39 is 0 Å². The Morgan fingerprint density at radius 1 is 1.12 bits per heavy atom. The molecule has 0 radical (unpaired) electrons. The van der Waals surface area contributed by atoms with Crippen LogP contribution in [0.25, 0.3) is 0 Å². The van der Waals surface area contributed by atoms with Gasteiger partial charge in [-0.15, -0.1) is 0 Å². The van der Waals surface area contributed by atoms with Crippen molar-refractivity contribution in [3.63, 3.8) is 0 Å². The van der Waals surface area contributed by atoms with Gasteiger partial charge >= 0.3 is 0 Å². The van der Waals surface area contributed by atoms with Crippen LogP contribution in [-0.2, 0) is 0 Å². The van der Waals surface area contributed by atoms with Gasteiger partial charge in [0.1, 0.15) is 0 Å². The molecular weight excluding hydrogens is 208 g/mol. The van der Waals surface area contributed by atoms with Crippen LogP contribution in [0.3, 0.4) is 0 Å². The van der Waals surface area contributed by atoms with Crippen LogP contribution in [0.5, 0.6) is 0 Å². The highest BCUT2D eigenvalue weighted by Crippen LogP contribution is 2.20. The van der Waals surface area contributed by atoms with Crippen molar-refractivity contribution in [2.45, 2.75) is 77.8 Å². The van der Waals surface area contributed by atoms with E-state index in [4.69, 9.17) is 0 Å². The van der Waals surface area contributed by atoms with Gasteiger partial charge in [-0.05, 0) is 32.2 Å². The van der Waals surface area contributed by atoms with E-state index in [2.05, 4.69) is 31.0 Å². The molecule has 0 saturated carbocycles. The first-order chi connectivity index (χ1) is 8.31. The Morgan fingerprint density at radius 3 is 2.59 bits per heavy atom. The first-order valence-corrected chi connectivity index (χ1v) is 7.79. The summed E-state index contributed by atoms with van der Waals surface area (Å²) >= 11 is 0. The number of nitrogens with zero attached hydrogens (tertiary/aromatic N) is 1. The third-order valence-corrected chi connectivity index (χ3v) is 3.93. The molecule has 0 aromatic heterocycles. The Bertz CT molecular complexity index is 182. The Hall–Kier alpha value is -0.0800. The van der Waals surface area contributed by atoms with Gasteiger partial charge in [0.25, 0.3) is 0 Å². The lowest BCUT2D eigenvalue weighted by atomic mass is 10.0. The third-order valence-electron chi connectivity index (χ3n) is 3.93. The summed E-state index contributed by atoms with van der Waals surface area (Å²) in [6, 6.07) is 1.62. The molecule has 2 nitrogen and oxygen atoms in total. The van der Waals surface area contributed by atoms with E-state index in [1.54, 1.807) is 0 Å². The summed E-state index contributed by atoms with van der Waals surface area (Å²) in [4.78, 5) is 2.74. The molecule has 2 atom stereocenters. The second kappa shape index (κ2) is 8.93. The standard InChI is InChI=1S/C15H32N2/c1-4-7-9-15(8-5-2)17-12-10-14(13-17)16-11-6-3/h14-16H,4-13H2,1-3H3. The van der Waals surface area contributed by atoms with Crippen LogP contribution in [0.15, 0.2) is 0 Å². The maximum atomic E-state index is 3.67. The van der Waals surface area contributed by atoms with Crippen molar-refractivity contribution in [2.24, 2.45) is 0 Å². The van der Waals surface area contributed by atoms with Gasteiger partial charge in [-0.1, -0.05) is 40.0 Å². The first kappa shape index (κ1) is 15.0. The molecule has 0 aliphatic carbocycles. The van der Waals surface area contributed by atoms with Crippen molar-refractivity contribution in [2.75, 3.05) is 19.6 Å². The van der Waals surface area contributed by atoms with E-state index in [1.165, 1.54) is 64.6 Å². The first-order valence-electron chi connectivity index (χ1n) is 7.79. The number of nitrogens with one attached hydrogen (secondary N) is 1. The van der Waals surface area contributed by atoms with E-state index in [9.17, 15) is 0 Å². The topological polar surface area (TPSA) is 15.3 Å². The molecule has 2 heteroatoms. The van der Waals surface area contributed by atoms with Crippen molar-refractivity contribution in [3.8, 4) is 0 Å². The average Bonchev–Trinajstić information content (AvgIpc) is 2.80. The normalized spacial score (nSPS) is 23.1. The summed E-state index contributed by atoms with van der Waals surface area (Å²) in [5, 5.41) is 3.67. The summed E-state index contributed by atoms with van der Waals surface area (Å²) in [7, 11) is 0. The lowest BCUT2D eigenvalue weighted by molar-refractivity contribution is 0.209. The van der Waals surface area contributed by atoms with Crippen LogP contribution < -0.4 is 5.32 Å². The summed E-state index contributed by atoms with van der Waals surface area (Å²) in [5.41, 5.74) is 0. The smallest absolute Gasteiger partial charge is 0.0207 e. The largest absolute Gasteiger partial charge is 0.313 e. The van der Waals surface area contributed by atoms with E-state index in [1.807, 2.05) is 0 Å². The van der Waals surface area contributed by atoms with Gasteiger partial charge in [0.15, 0.2) is 0 Å². The second-order valence-corrected chi connectivity index (χ2v) is 5.52. The van der Waals surface area contributed by atoms with Crippen molar-refractivity contribution in [1.29, 1.82) is 0 Å². The number of likely N-dealkylation sites (tertiary alicyclic amines) is 1. The average molecular weight is 240 g/mol. The number of hydrogen-bond donors (Lipinski definition) is 1. The maximum absolute atomic E-state index is 3.67. The van der Waals surface area contributed by atoms with E-state index in [-0.39, 0.29) is 0 Å². The minimum absolute atomic E-state index is 0.760. The summed E-state index contributed by atoms with van der Waals surface area (Å²) in [6.45, 7) is 10.7. The molecule has 1 N–H and O–H groups in total. The molecule has 0 amide bonds. The van der Waals surface area contributed by atoms with Gasteiger partial charge in [0, 0.05) is 25.2 Å². The molecule has 1 rings (SSSR count). The van der Waals surface area contributed by atoms with Gasteiger partial charge < -0.3 is 5.32 Å². The van der Waals surface area contributed by atoms with Crippen molar-refractivity contribution in [3.05, 3.63) is 0 Å². The molecule has 1 aliphatic heterocycles. The lowest BCUT2D eigenvalue weighted by Crippen LogP contribution is -2.37. The zero-order valence-corrected chi connectivity index (χ0v) is 12.2. The quantitative estimate of drug-likeness (QED) is 0.664. The summed E-state index contributed by atoms with van der Waals surface area (Å²) in [6.07, 6.45) is 9.47. The summed E-state index contributed by atoms with van der Waals surface area (Å²) in [5.74, 6) is 0. The number of hydrogen-bond acceptors (Lipinski definition) is 2. The Kier molecular flexibility index (Phi) is 7.87. The molecule has 1 aliphatic rings. The zero-order chi connectivity index (χ0) is 12.5. The molecule has 0 spiro atoms. The van der Waals surface area contributed by atoms with Gasteiger partial charge in [0.05, 0.1) is 0 Å². The van der Waals surface area contributed by atoms with Crippen LogP contribution in [0.4, 0.5) is 0 Å². The molecule has 17 heavy (non-hydrogen) atoms.